The molecular weight excluding hydrogens is 393 g/mol. The third-order valence-corrected chi connectivity index (χ3v) is 4.83. The molecule has 1 fully saturated rings. The van der Waals surface area contributed by atoms with Crippen molar-refractivity contribution < 1.29 is 13.2 Å². The van der Waals surface area contributed by atoms with E-state index in [0.717, 1.165) is 24.2 Å². The molecule has 10 heteroatoms. The number of hydrogen-bond acceptors (Lipinski definition) is 3. The molecule has 28 heavy (non-hydrogen) atoms. The Bertz CT molecular complexity index is 848. The summed E-state index contributed by atoms with van der Waals surface area (Å²) < 4.78 is 40.3. The number of nitrogens with zero attached hydrogens (tertiary/aromatic N) is 4. The smallest absolute Gasteiger partial charge is 0.357 e. The van der Waals surface area contributed by atoms with Gasteiger partial charge in [-0.1, -0.05) is 11.6 Å². The molecule has 6 nitrogen and oxygen atoms in total. The number of halogens is 4. The van der Waals surface area contributed by atoms with Crippen LogP contribution in [-0.4, -0.2) is 41.7 Å². The Morgan fingerprint density at radius 3 is 2.82 bits per heavy atom. The molecule has 2 N–H and O–H groups in total. The maximum absolute atomic E-state index is 12.8. The molecule has 0 radical (unpaired) electrons. The maximum Gasteiger partial charge on any atom is 0.417 e. The minimum Gasteiger partial charge on any atom is -0.357 e. The van der Waals surface area contributed by atoms with E-state index in [1.54, 1.807) is 7.05 Å². The van der Waals surface area contributed by atoms with Crippen LogP contribution in [0.2, 0.25) is 5.02 Å². The fourth-order valence-corrected chi connectivity index (χ4v) is 3.41. The minimum absolute atomic E-state index is 0.00191. The van der Waals surface area contributed by atoms with Crippen molar-refractivity contribution in [1.29, 1.82) is 0 Å². The van der Waals surface area contributed by atoms with Gasteiger partial charge in [-0.15, -0.1) is 0 Å². The lowest BCUT2D eigenvalue weighted by atomic mass is 10.2. The lowest BCUT2D eigenvalue weighted by Crippen LogP contribution is -2.44. The zero-order chi connectivity index (χ0) is 20.3. The Labute approximate surface area is 166 Å². The average molecular weight is 415 g/mol. The van der Waals surface area contributed by atoms with Gasteiger partial charge in [0.15, 0.2) is 5.96 Å². The zero-order valence-electron chi connectivity index (χ0n) is 15.6. The summed E-state index contributed by atoms with van der Waals surface area (Å²) in [6.07, 6.45) is 1.16. The molecule has 1 saturated heterocycles. The molecule has 0 amide bonds. The van der Waals surface area contributed by atoms with Crippen molar-refractivity contribution in [1.82, 2.24) is 20.2 Å². The number of anilines is 1. The molecule has 0 aromatic carbocycles. The summed E-state index contributed by atoms with van der Waals surface area (Å²) in [7, 11) is 3.66. The van der Waals surface area contributed by atoms with Gasteiger partial charge in [-0.05, 0) is 24.1 Å². The first kappa shape index (κ1) is 20.3. The number of aliphatic imine (C=N–C) groups is 1. The lowest BCUT2D eigenvalue weighted by Gasteiger charge is -2.21. The van der Waals surface area contributed by atoms with E-state index in [1.165, 1.54) is 0 Å². The van der Waals surface area contributed by atoms with Crippen LogP contribution in [0.4, 0.5) is 19.0 Å². The second kappa shape index (κ2) is 8.30. The van der Waals surface area contributed by atoms with Crippen molar-refractivity contribution >= 4 is 23.4 Å². The van der Waals surface area contributed by atoms with Gasteiger partial charge in [0.05, 0.1) is 10.6 Å². The maximum atomic E-state index is 12.8. The number of rotatable bonds is 4. The Balaban J connectivity index is 1.57. The van der Waals surface area contributed by atoms with E-state index < -0.39 is 11.7 Å². The van der Waals surface area contributed by atoms with Crippen molar-refractivity contribution in [2.75, 3.05) is 25.0 Å². The number of pyridine rings is 1. The van der Waals surface area contributed by atoms with Crippen LogP contribution in [0.15, 0.2) is 35.7 Å². The van der Waals surface area contributed by atoms with Gasteiger partial charge in [-0.3, -0.25) is 4.99 Å². The second-order valence-corrected chi connectivity index (χ2v) is 7.12. The molecule has 0 saturated carbocycles. The Kier molecular flexibility index (Phi) is 6.02. The van der Waals surface area contributed by atoms with Crippen LogP contribution in [0.25, 0.3) is 0 Å². The molecule has 1 aliphatic rings. The van der Waals surface area contributed by atoms with E-state index in [4.69, 9.17) is 11.6 Å². The molecule has 2 aromatic heterocycles. The van der Waals surface area contributed by atoms with Gasteiger partial charge in [0.1, 0.15) is 5.82 Å². The topological polar surface area (TPSA) is 57.5 Å². The monoisotopic (exact) mass is 414 g/mol. The Morgan fingerprint density at radius 2 is 2.21 bits per heavy atom. The third kappa shape index (κ3) is 4.89. The molecule has 3 heterocycles. The highest BCUT2D eigenvalue weighted by Crippen LogP contribution is 2.34. The molecule has 0 aliphatic carbocycles. The highest BCUT2D eigenvalue weighted by Gasteiger charge is 2.33. The number of nitrogens with one attached hydrogen (secondary N) is 2. The predicted molar refractivity (Wildman–Crippen MR) is 104 cm³/mol. The fourth-order valence-electron chi connectivity index (χ4n) is 3.13. The van der Waals surface area contributed by atoms with Crippen LogP contribution >= 0.6 is 11.6 Å². The van der Waals surface area contributed by atoms with Gasteiger partial charge in [0, 0.05) is 58.4 Å². The number of guanidine groups is 1. The first-order chi connectivity index (χ1) is 13.3. The normalized spacial score (nSPS) is 17.9. The van der Waals surface area contributed by atoms with Crippen LogP contribution < -0.4 is 15.5 Å². The van der Waals surface area contributed by atoms with Gasteiger partial charge in [-0.25, -0.2) is 4.98 Å². The van der Waals surface area contributed by atoms with Gasteiger partial charge in [0.2, 0.25) is 0 Å². The average Bonchev–Trinajstić information content (AvgIpc) is 3.26. The van der Waals surface area contributed by atoms with E-state index in [0.29, 0.717) is 31.4 Å². The van der Waals surface area contributed by atoms with Crippen LogP contribution in [-0.2, 0) is 19.8 Å². The SMILES string of the molecule is CN=C(NCc1ccn(C)c1)NC1CCN(c2ncc(C(F)(F)F)cc2Cl)C1. The lowest BCUT2D eigenvalue weighted by molar-refractivity contribution is -0.137. The van der Waals surface area contributed by atoms with E-state index in [1.807, 2.05) is 35.0 Å². The summed E-state index contributed by atoms with van der Waals surface area (Å²) in [5.41, 5.74) is 0.292. The summed E-state index contributed by atoms with van der Waals surface area (Å²) in [4.78, 5) is 10.0. The Hall–Kier alpha value is -2.42. The van der Waals surface area contributed by atoms with E-state index in [9.17, 15) is 13.2 Å². The molecule has 152 valence electrons. The highest BCUT2D eigenvalue weighted by molar-refractivity contribution is 6.33. The molecule has 0 spiro atoms. The molecule has 1 atom stereocenters. The zero-order valence-corrected chi connectivity index (χ0v) is 16.3. The van der Waals surface area contributed by atoms with Gasteiger partial charge in [-0.2, -0.15) is 13.2 Å². The molecule has 0 bridgehead atoms. The first-order valence-electron chi connectivity index (χ1n) is 8.82. The molecule has 2 aromatic rings. The first-order valence-corrected chi connectivity index (χ1v) is 9.20. The van der Waals surface area contributed by atoms with E-state index in [2.05, 4.69) is 20.6 Å². The second-order valence-electron chi connectivity index (χ2n) is 6.71. The van der Waals surface area contributed by atoms with E-state index in [-0.39, 0.29) is 11.1 Å². The van der Waals surface area contributed by atoms with Gasteiger partial charge < -0.3 is 20.1 Å². The molecule has 1 aliphatic heterocycles. The van der Waals surface area contributed by atoms with Gasteiger partial charge >= 0.3 is 6.18 Å². The number of aryl methyl sites for hydroxylation is 1. The van der Waals surface area contributed by atoms with Crippen molar-refractivity contribution in [2.24, 2.45) is 12.0 Å². The van der Waals surface area contributed by atoms with Crippen LogP contribution in [0.3, 0.4) is 0 Å². The quantitative estimate of drug-likeness (QED) is 0.596. The summed E-state index contributed by atoms with van der Waals surface area (Å²) in [5, 5.41) is 6.60. The predicted octanol–water partition coefficient (Wildman–Crippen LogP) is 3.04. The largest absolute Gasteiger partial charge is 0.417 e. The summed E-state index contributed by atoms with van der Waals surface area (Å²) in [5.74, 6) is 1.04. The van der Waals surface area contributed by atoms with Crippen molar-refractivity contribution in [3.8, 4) is 0 Å². The highest BCUT2D eigenvalue weighted by atomic mass is 35.5. The van der Waals surface area contributed by atoms with Crippen LogP contribution in [0.1, 0.15) is 17.5 Å². The van der Waals surface area contributed by atoms with Crippen LogP contribution in [0, 0.1) is 0 Å². The van der Waals surface area contributed by atoms with Crippen molar-refractivity contribution in [3.05, 3.63) is 46.9 Å². The number of alkyl halides is 3. The van der Waals surface area contributed by atoms with Crippen LogP contribution in [0.5, 0.6) is 0 Å². The third-order valence-electron chi connectivity index (χ3n) is 4.55. The number of hydrogen-bond donors (Lipinski definition) is 2. The molecule has 1 unspecified atom stereocenters. The summed E-state index contributed by atoms with van der Waals surface area (Å²) in [6.45, 7) is 1.86. The molecule has 3 rings (SSSR count). The number of aromatic nitrogens is 2. The van der Waals surface area contributed by atoms with E-state index >= 15 is 0 Å². The summed E-state index contributed by atoms with van der Waals surface area (Å²) in [6, 6.07) is 3.03. The summed E-state index contributed by atoms with van der Waals surface area (Å²) >= 11 is 6.05. The molecular formula is C18H22ClF3N6. The van der Waals surface area contributed by atoms with Gasteiger partial charge in [0.25, 0.3) is 0 Å². The fraction of sp³-hybridized carbons (Fsp3) is 0.444. The minimum atomic E-state index is -4.46. The van der Waals surface area contributed by atoms with Crippen molar-refractivity contribution in [3.63, 3.8) is 0 Å². The Morgan fingerprint density at radius 1 is 1.43 bits per heavy atom. The van der Waals surface area contributed by atoms with Crippen molar-refractivity contribution in [2.45, 2.75) is 25.2 Å². The standard InChI is InChI=1S/C18H22ClF3N6/c1-23-17(25-8-12-3-5-27(2)10-12)26-14-4-6-28(11-14)16-15(19)7-13(9-24-16)18(20,21)22/h3,5,7,9-10,14H,4,6,8,11H2,1-2H3,(H2,23,25,26).